The number of esters is 1. The van der Waals surface area contributed by atoms with Gasteiger partial charge in [-0.2, -0.15) is 0 Å². The van der Waals surface area contributed by atoms with Crippen molar-refractivity contribution in [2.75, 3.05) is 19.7 Å². The minimum atomic E-state index is -0.0759. The fourth-order valence-corrected chi connectivity index (χ4v) is 2.79. The lowest BCUT2D eigenvalue weighted by Gasteiger charge is -2.21. The van der Waals surface area contributed by atoms with Gasteiger partial charge < -0.3 is 4.74 Å². The van der Waals surface area contributed by atoms with E-state index in [2.05, 4.69) is 41.3 Å². The van der Waals surface area contributed by atoms with E-state index in [1.807, 2.05) is 13.0 Å². The quantitative estimate of drug-likeness (QED) is 0.719. The summed E-state index contributed by atoms with van der Waals surface area (Å²) in [6.07, 6.45) is 8.36. The first-order valence-corrected chi connectivity index (χ1v) is 7.92. The van der Waals surface area contributed by atoms with Crippen LogP contribution in [0.1, 0.15) is 38.2 Å². The van der Waals surface area contributed by atoms with Crippen LogP contribution in [0.15, 0.2) is 36.4 Å². The second-order valence-corrected chi connectivity index (χ2v) is 5.42. The van der Waals surface area contributed by atoms with Crippen LogP contribution < -0.4 is 0 Å². The van der Waals surface area contributed by atoms with Crippen molar-refractivity contribution in [2.45, 2.75) is 38.6 Å². The summed E-state index contributed by atoms with van der Waals surface area (Å²) in [5, 5.41) is 0. The molecule has 3 nitrogen and oxygen atoms in total. The van der Waals surface area contributed by atoms with Gasteiger partial charge in [0, 0.05) is 12.5 Å². The third-order valence-corrected chi connectivity index (χ3v) is 3.86. The Morgan fingerprint density at radius 2 is 2.19 bits per heavy atom. The van der Waals surface area contributed by atoms with Gasteiger partial charge in [0.1, 0.15) is 0 Å². The van der Waals surface area contributed by atoms with Gasteiger partial charge in [-0.15, -0.1) is 0 Å². The van der Waals surface area contributed by atoms with Crippen LogP contribution in [0.2, 0.25) is 0 Å². The van der Waals surface area contributed by atoms with E-state index < -0.39 is 0 Å². The van der Waals surface area contributed by atoms with Gasteiger partial charge in [0.2, 0.25) is 0 Å². The van der Waals surface area contributed by atoms with Crippen molar-refractivity contribution in [3.8, 4) is 0 Å². The molecule has 1 heterocycles. The molecule has 0 aromatic heterocycles. The molecule has 3 heteroatoms. The molecule has 114 valence electrons. The number of likely N-dealkylation sites (tertiary alicyclic amines) is 1. The molecule has 1 aliphatic heterocycles. The van der Waals surface area contributed by atoms with Gasteiger partial charge in [-0.1, -0.05) is 42.5 Å². The Kier molecular flexibility index (Phi) is 6.48. The molecular formula is C18H25NO2. The fourth-order valence-electron chi connectivity index (χ4n) is 2.79. The molecule has 1 aromatic carbocycles. The number of rotatable bonds is 7. The third kappa shape index (κ3) is 5.35. The van der Waals surface area contributed by atoms with Crippen molar-refractivity contribution in [1.29, 1.82) is 0 Å². The highest BCUT2D eigenvalue weighted by Gasteiger charge is 2.21. The Morgan fingerprint density at radius 1 is 1.38 bits per heavy atom. The number of carbonyl (C=O) groups excluding carboxylic acids is 1. The predicted octanol–water partition coefficient (Wildman–Crippen LogP) is 3.51. The Labute approximate surface area is 127 Å². The highest BCUT2D eigenvalue weighted by atomic mass is 16.5. The van der Waals surface area contributed by atoms with E-state index in [1.165, 1.54) is 18.4 Å². The summed E-state index contributed by atoms with van der Waals surface area (Å²) >= 11 is 0. The summed E-state index contributed by atoms with van der Waals surface area (Å²) in [5.41, 5.74) is 1.25. The number of ether oxygens (including phenoxy) is 1. The normalized spacial score (nSPS) is 19.2. The van der Waals surface area contributed by atoms with E-state index in [-0.39, 0.29) is 5.97 Å². The van der Waals surface area contributed by atoms with Crippen LogP contribution in [-0.2, 0) is 9.53 Å². The van der Waals surface area contributed by atoms with Crippen molar-refractivity contribution in [3.63, 3.8) is 0 Å². The molecule has 0 aliphatic carbocycles. The van der Waals surface area contributed by atoms with Gasteiger partial charge in [0.25, 0.3) is 0 Å². The zero-order chi connectivity index (χ0) is 14.9. The molecule has 0 bridgehead atoms. The van der Waals surface area contributed by atoms with Crippen LogP contribution in [0.3, 0.4) is 0 Å². The van der Waals surface area contributed by atoms with Crippen LogP contribution in [-0.4, -0.2) is 36.6 Å². The second kappa shape index (κ2) is 8.63. The molecule has 1 aliphatic rings. The number of hydrogen-bond acceptors (Lipinski definition) is 3. The van der Waals surface area contributed by atoms with Gasteiger partial charge in [0.05, 0.1) is 6.61 Å². The monoisotopic (exact) mass is 287 g/mol. The number of nitrogens with zero attached hydrogens (tertiary/aromatic N) is 1. The number of hydrogen-bond donors (Lipinski definition) is 0. The van der Waals surface area contributed by atoms with Crippen LogP contribution >= 0.6 is 0 Å². The maximum Gasteiger partial charge on any atom is 0.305 e. The standard InChI is InChI=1S/C18H25NO2/c1-2-21-18(20)11-7-15-19-14-6-10-17(19)13-12-16-8-4-3-5-9-16/h3-5,8-9,12-13,17H,2,6-7,10-11,14-15H2,1H3/b13-12+. The van der Waals surface area contributed by atoms with Gasteiger partial charge >= 0.3 is 5.97 Å². The van der Waals surface area contributed by atoms with E-state index in [0.29, 0.717) is 19.1 Å². The Morgan fingerprint density at radius 3 is 2.95 bits per heavy atom. The third-order valence-electron chi connectivity index (χ3n) is 3.86. The largest absolute Gasteiger partial charge is 0.466 e. The van der Waals surface area contributed by atoms with Crippen LogP contribution in [0.5, 0.6) is 0 Å². The lowest BCUT2D eigenvalue weighted by atomic mass is 10.1. The first-order chi connectivity index (χ1) is 10.3. The van der Waals surface area contributed by atoms with E-state index in [1.54, 1.807) is 0 Å². The molecule has 0 N–H and O–H groups in total. The average Bonchev–Trinajstić information content (AvgIpc) is 2.94. The van der Waals surface area contributed by atoms with Crippen LogP contribution in [0.4, 0.5) is 0 Å². The highest BCUT2D eigenvalue weighted by molar-refractivity contribution is 5.69. The summed E-state index contributed by atoms with van der Waals surface area (Å²) < 4.78 is 4.97. The minimum absolute atomic E-state index is 0.0759. The SMILES string of the molecule is CCOC(=O)CCCN1CCCC1/C=C/c1ccccc1. The molecule has 1 unspecified atom stereocenters. The van der Waals surface area contributed by atoms with Crippen molar-refractivity contribution in [3.05, 3.63) is 42.0 Å². The summed E-state index contributed by atoms with van der Waals surface area (Å²) in [6, 6.07) is 10.9. The van der Waals surface area contributed by atoms with E-state index in [4.69, 9.17) is 4.74 Å². The van der Waals surface area contributed by atoms with E-state index in [0.717, 1.165) is 19.5 Å². The summed E-state index contributed by atoms with van der Waals surface area (Å²) in [4.78, 5) is 13.8. The summed E-state index contributed by atoms with van der Waals surface area (Å²) in [7, 11) is 0. The van der Waals surface area contributed by atoms with Crippen LogP contribution in [0, 0.1) is 0 Å². The molecule has 1 saturated heterocycles. The molecule has 1 aromatic rings. The van der Waals surface area contributed by atoms with Crippen LogP contribution in [0.25, 0.3) is 6.08 Å². The van der Waals surface area contributed by atoms with Gasteiger partial charge in [0.15, 0.2) is 0 Å². The van der Waals surface area contributed by atoms with Gasteiger partial charge in [-0.05, 0) is 44.8 Å². The van der Waals surface area contributed by atoms with Crippen molar-refractivity contribution < 1.29 is 9.53 Å². The van der Waals surface area contributed by atoms with Gasteiger partial charge in [-0.25, -0.2) is 0 Å². The predicted molar refractivity (Wildman–Crippen MR) is 85.9 cm³/mol. The lowest BCUT2D eigenvalue weighted by molar-refractivity contribution is -0.143. The maximum atomic E-state index is 11.4. The minimum Gasteiger partial charge on any atom is -0.466 e. The Hall–Kier alpha value is -1.61. The molecule has 0 radical (unpaired) electrons. The average molecular weight is 287 g/mol. The molecule has 1 atom stereocenters. The first kappa shape index (κ1) is 15.8. The maximum absolute atomic E-state index is 11.4. The van der Waals surface area contributed by atoms with Gasteiger partial charge in [-0.3, -0.25) is 9.69 Å². The topological polar surface area (TPSA) is 29.5 Å². The second-order valence-electron chi connectivity index (χ2n) is 5.42. The molecule has 0 saturated carbocycles. The molecule has 1 fully saturated rings. The lowest BCUT2D eigenvalue weighted by Crippen LogP contribution is -2.29. The van der Waals surface area contributed by atoms with Crippen molar-refractivity contribution in [1.82, 2.24) is 4.90 Å². The molecular weight excluding hydrogens is 262 g/mol. The van der Waals surface area contributed by atoms with E-state index >= 15 is 0 Å². The smallest absolute Gasteiger partial charge is 0.305 e. The highest BCUT2D eigenvalue weighted by Crippen LogP contribution is 2.20. The summed E-state index contributed by atoms with van der Waals surface area (Å²) in [5.74, 6) is -0.0759. The zero-order valence-electron chi connectivity index (χ0n) is 12.8. The molecule has 2 rings (SSSR count). The Bertz CT molecular complexity index is 456. The molecule has 21 heavy (non-hydrogen) atoms. The Balaban J connectivity index is 1.78. The van der Waals surface area contributed by atoms with Crippen molar-refractivity contribution >= 4 is 12.0 Å². The van der Waals surface area contributed by atoms with E-state index in [9.17, 15) is 4.79 Å². The number of carbonyl (C=O) groups is 1. The molecule has 0 spiro atoms. The molecule has 0 amide bonds. The first-order valence-electron chi connectivity index (χ1n) is 7.92. The zero-order valence-corrected chi connectivity index (χ0v) is 12.8. The fraction of sp³-hybridized carbons (Fsp3) is 0.500. The summed E-state index contributed by atoms with van der Waals surface area (Å²) in [6.45, 7) is 4.43. The van der Waals surface area contributed by atoms with Crippen molar-refractivity contribution in [2.24, 2.45) is 0 Å². The number of benzene rings is 1.